The summed E-state index contributed by atoms with van der Waals surface area (Å²) in [6.45, 7) is 1.88. The third kappa shape index (κ3) is 6.25. The summed E-state index contributed by atoms with van der Waals surface area (Å²) in [4.78, 5) is 14.0. The van der Waals surface area contributed by atoms with Crippen molar-refractivity contribution in [1.29, 1.82) is 5.26 Å². The predicted molar refractivity (Wildman–Crippen MR) is 80.2 cm³/mol. The van der Waals surface area contributed by atoms with Gasteiger partial charge in [-0.25, -0.2) is 0 Å². The zero-order valence-electron chi connectivity index (χ0n) is 12.5. The maximum Gasteiger partial charge on any atom is 0.238 e. The summed E-state index contributed by atoms with van der Waals surface area (Å²) in [6, 6.07) is 9.32. The molecule has 0 aliphatic carbocycles. The van der Waals surface area contributed by atoms with Gasteiger partial charge in [-0.2, -0.15) is 5.26 Å². The molecular weight excluding hydrogens is 270 g/mol. The van der Waals surface area contributed by atoms with Crippen LogP contribution >= 0.6 is 0 Å². The number of carbonyl (C=O) groups is 1. The van der Waals surface area contributed by atoms with Gasteiger partial charge in [-0.05, 0) is 12.1 Å². The highest BCUT2D eigenvalue weighted by molar-refractivity contribution is 5.93. The van der Waals surface area contributed by atoms with Gasteiger partial charge in [-0.3, -0.25) is 9.69 Å². The van der Waals surface area contributed by atoms with Gasteiger partial charge in [0.05, 0.1) is 32.0 Å². The fourth-order valence-corrected chi connectivity index (χ4v) is 1.84. The molecular formula is C15H21N3O3. The lowest BCUT2D eigenvalue weighted by Crippen LogP contribution is -2.36. The van der Waals surface area contributed by atoms with Crippen molar-refractivity contribution in [3.63, 3.8) is 0 Å². The second kappa shape index (κ2) is 9.75. The number of para-hydroxylation sites is 2. The van der Waals surface area contributed by atoms with Gasteiger partial charge >= 0.3 is 0 Å². The number of anilines is 1. The fraction of sp³-hybridized carbons (Fsp3) is 0.467. The van der Waals surface area contributed by atoms with Gasteiger partial charge in [0.2, 0.25) is 5.91 Å². The molecule has 6 nitrogen and oxygen atoms in total. The third-order valence-electron chi connectivity index (χ3n) is 2.90. The molecule has 0 radical (unpaired) electrons. The topological polar surface area (TPSA) is 74.6 Å². The summed E-state index contributed by atoms with van der Waals surface area (Å²) < 4.78 is 10.2. The number of ether oxygens (including phenoxy) is 2. The number of amides is 1. The van der Waals surface area contributed by atoms with E-state index in [1.165, 1.54) is 0 Å². The van der Waals surface area contributed by atoms with Crippen LogP contribution < -0.4 is 10.1 Å². The summed E-state index contributed by atoms with van der Waals surface area (Å²) in [6.07, 6.45) is 0.381. The minimum Gasteiger partial charge on any atom is -0.495 e. The van der Waals surface area contributed by atoms with E-state index < -0.39 is 0 Å². The van der Waals surface area contributed by atoms with Crippen molar-refractivity contribution in [1.82, 2.24) is 4.90 Å². The Labute approximate surface area is 125 Å². The van der Waals surface area contributed by atoms with Crippen molar-refractivity contribution in [3.05, 3.63) is 24.3 Å². The normalized spacial score (nSPS) is 10.2. The Morgan fingerprint density at radius 3 is 2.76 bits per heavy atom. The van der Waals surface area contributed by atoms with Crippen molar-refractivity contribution >= 4 is 11.6 Å². The molecule has 1 rings (SSSR count). The van der Waals surface area contributed by atoms with Crippen LogP contribution in [-0.4, -0.2) is 51.3 Å². The SMILES string of the molecule is COCCN(CCC#N)CC(=O)Nc1ccccc1OC. The van der Waals surface area contributed by atoms with Crippen molar-refractivity contribution in [2.75, 3.05) is 45.8 Å². The van der Waals surface area contributed by atoms with Crippen LogP contribution in [0.4, 0.5) is 5.69 Å². The number of nitrogens with zero attached hydrogens (tertiary/aromatic N) is 2. The lowest BCUT2D eigenvalue weighted by atomic mass is 10.3. The highest BCUT2D eigenvalue weighted by Gasteiger charge is 2.12. The van der Waals surface area contributed by atoms with Crippen LogP contribution in [-0.2, 0) is 9.53 Å². The van der Waals surface area contributed by atoms with Gasteiger partial charge in [-0.1, -0.05) is 12.1 Å². The van der Waals surface area contributed by atoms with E-state index in [0.717, 1.165) is 0 Å². The first-order chi connectivity index (χ1) is 10.2. The van der Waals surface area contributed by atoms with E-state index in [4.69, 9.17) is 14.7 Å². The molecule has 114 valence electrons. The lowest BCUT2D eigenvalue weighted by Gasteiger charge is -2.20. The monoisotopic (exact) mass is 291 g/mol. The largest absolute Gasteiger partial charge is 0.495 e. The maximum atomic E-state index is 12.1. The van der Waals surface area contributed by atoms with Crippen LogP contribution in [0.5, 0.6) is 5.75 Å². The smallest absolute Gasteiger partial charge is 0.238 e. The average molecular weight is 291 g/mol. The molecule has 6 heteroatoms. The minimum atomic E-state index is -0.145. The van der Waals surface area contributed by atoms with Crippen molar-refractivity contribution in [2.24, 2.45) is 0 Å². The molecule has 1 amide bonds. The van der Waals surface area contributed by atoms with E-state index in [1.54, 1.807) is 26.4 Å². The highest BCUT2D eigenvalue weighted by Crippen LogP contribution is 2.22. The third-order valence-corrected chi connectivity index (χ3v) is 2.90. The van der Waals surface area contributed by atoms with Crippen LogP contribution in [0.25, 0.3) is 0 Å². The van der Waals surface area contributed by atoms with Crippen molar-refractivity contribution in [3.8, 4) is 11.8 Å². The van der Waals surface area contributed by atoms with Crippen LogP contribution in [0.1, 0.15) is 6.42 Å². The first-order valence-electron chi connectivity index (χ1n) is 6.72. The molecule has 0 saturated heterocycles. The quantitative estimate of drug-likeness (QED) is 0.746. The average Bonchev–Trinajstić information content (AvgIpc) is 2.50. The molecule has 0 heterocycles. The molecule has 0 saturated carbocycles. The molecule has 0 aromatic heterocycles. The maximum absolute atomic E-state index is 12.1. The van der Waals surface area contributed by atoms with Crippen LogP contribution in [0.3, 0.4) is 0 Å². The van der Waals surface area contributed by atoms with Crippen LogP contribution in [0.15, 0.2) is 24.3 Å². The standard InChI is InChI=1S/C15H21N3O3/c1-20-11-10-18(9-5-8-16)12-15(19)17-13-6-3-4-7-14(13)21-2/h3-4,6-7H,5,9-12H2,1-2H3,(H,17,19). The molecule has 0 unspecified atom stereocenters. The van der Waals surface area contributed by atoms with Crippen LogP contribution in [0.2, 0.25) is 0 Å². The Bertz CT molecular complexity index is 485. The van der Waals surface area contributed by atoms with E-state index >= 15 is 0 Å². The van der Waals surface area contributed by atoms with Gasteiger partial charge < -0.3 is 14.8 Å². The number of carbonyl (C=O) groups excluding carboxylic acids is 1. The van der Waals surface area contributed by atoms with Gasteiger partial charge in [0.15, 0.2) is 0 Å². The Hall–Kier alpha value is -2.10. The van der Waals surface area contributed by atoms with Gasteiger partial charge in [0.25, 0.3) is 0 Å². The number of hydrogen-bond acceptors (Lipinski definition) is 5. The van der Waals surface area contributed by atoms with Crippen molar-refractivity contribution < 1.29 is 14.3 Å². The molecule has 1 aromatic carbocycles. The van der Waals surface area contributed by atoms with E-state index in [-0.39, 0.29) is 12.5 Å². The van der Waals surface area contributed by atoms with E-state index in [0.29, 0.717) is 37.6 Å². The van der Waals surface area contributed by atoms with Gasteiger partial charge in [0, 0.05) is 26.6 Å². The number of nitrogens with one attached hydrogen (secondary N) is 1. The van der Waals surface area contributed by atoms with Crippen LogP contribution in [0, 0.1) is 11.3 Å². The number of rotatable bonds is 9. The fourth-order valence-electron chi connectivity index (χ4n) is 1.84. The Morgan fingerprint density at radius 1 is 1.33 bits per heavy atom. The van der Waals surface area contributed by atoms with Gasteiger partial charge in [0.1, 0.15) is 5.75 Å². The summed E-state index contributed by atoms with van der Waals surface area (Å²) in [5.74, 6) is 0.472. The predicted octanol–water partition coefficient (Wildman–Crippen LogP) is 1.50. The molecule has 1 aromatic rings. The molecule has 0 spiro atoms. The second-order valence-corrected chi connectivity index (χ2v) is 4.43. The molecule has 0 bridgehead atoms. The minimum absolute atomic E-state index is 0.145. The molecule has 0 atom stereocenters. The molecule has 0 fully saturated rings. The first-order valence-corrected chi connectivity index (χ1v) is 6.72. The molecule has 1 N–H and O–H groups in total. The summed E-state index contributed by atoms with van der Waals surface area (Å²) in [5.41, 5.74) is 0.636. The summed E-state index contributed by atoms with van der Waals surface area (Å²) in [5, 5.41) is 11.5. The highest BCUT2D eigenvalue weighted by atomic mass is 16.5. The second-order valence-electron chi connectivity index (χ2n) is 4.43. The first kappa shape index (κ1) is 17.0. The number of methoxy groups -OCH3 is 2. The lowest BCUT2D eigenvalue weighted by molar-refractivity contribution is -0.117. The van der Waals surface area contributed by atoms with Crippen molar-refractivity contribution in [2.45, 2.75) is 6.42 Å². The zero-order chi connectivity index (χ0) is 15.5. The summed E-state index contributed by atoms with van der Waals surface area (Å²) >= 11 is 0. The summed E-state index contributed by atoms with van der Waals surface area (Å²) in [7, 11) is 3.17. The molecule has 0 aliphatic heterocycles. The van der Waals surface area contributed by atoms with Gasteiger partial charge in [-0.15, -0.1) is 0 Å². The number of benzene rings is 1. The van der Waals surface area contributed by atoms with E-state index in [9.17, 15) is 4.79 Å². The number of hydrogen-bond donors (Lipinski definition) is 1. The Kier molecular flexibility index (Phi) is 7.87. The number of nitriles is 1. The Morgan fingerprint density at radius 2 is 2.10 bits per heavy atom. The van der Waals surface area contributed by atoms with E-state index in [2.05, 4.69) is 11.4 Å². The molecule has 0 aliphatic rings. The van der Waals surface area contributed by atoms with E-state index in [1.807, 2.05) is 17.0 Å². The Balaban J connectivity index is 2.58. The molecule has 21 heavy (non-hydrogen) atoms. The zero-order valence-corrected chi connectivity index (χ0v) is 12.5.